The lowest BCUT2D eigenvalue weighted by atomic mass is 10.0. The fourth-order valence-electron chi connectivity index (χ4n) is 2.77. The zero-order chi connectivity index (χ0) is 18.4. The van der Waals surface area contributed by atoms with Crippen molar-refractivity contribution in [3.8, 4) is 0 Å². The van der Waals surface area contributed by atoms with E-state index in [0.29, 0.717) is 5.73 Å². The van der Waals surface area contributed by atoms with E-state index in [-0.39, 0.29) is 5.54 Å². The summed E-state index contributed by atoms with van der Waals surface area (Å²) >= 11 is 0. The summed E-state index contributed by atoms with van der Waals surface area (Å²) in [6.45, 7) is 19.7. The maximum absolute atomic E-state index is 6.49. The normalized spacial score (nSPS) is 16.0. The zero-order valence-electron chi connectivity index (χ0n) is 16.9. The van der Waals surface area contributed by atoms with Crippen molar-refractivity contribution in [1.82, 2.24) is 0 Å². The lowest BCUT2D eigenvalue weighted by Crippen LogP contribution is -2.49. The molecule has 0 saturated heterocycles. The number of nitrogens with zero attached hydrogens (tertiary/aromatic N) is 1. The first-order valence-corrected chi connectivity index (χ1v) is 14.7. The van der Waals surface area contributed by atoms with Crippen LogP contribution in [0, 0.1) is 0 Å². The molecule has 2 unspecified atom stereocenters. The molecule has 1 aromatic rings. The van der Waals surface area contributed by atoms with Crippen LogP contribution in [0.4, 0.5) is 5.69 Å². The number of rotatable bonds is 9. The molecule has 24 heavy (non-hydrogen) atoms. The van der Waals surface area contributed by atoms with Gasteiger partial charge in [0.1, 0.15) is 0 Å². The second-order valence-corrected chi connectivity index (χ2v) is 14.8. The predicted octanol–water partition coefficient (Wildman–Crippen LogP) is 4.83. The Morgan fingerprint density at radius 1 is 1.17 bits per heavy atom. The Morgan fingerprint density at radius 2 is 1.75 bits per heavy atom. The van der Waals surface area contributed by atoms with E-state index in [0.717, 1.165) is 19.2 Å². The summed E-state index contributed by atoms with van der Waals surface area (Å²) < 4.78 is 12.7. The fraction of sp³-hybridized carbons (Fsp3) is 0.684. The van der Waals surface area contributed by atoms with Gasteiger partial charge in [-0.05, 0) is 53.3 Å². The smallest absolute Gasteiger partial charge is 0.336 e. The molecule has 1 rings (SSSR count). The van der Waals surface area contributed by atoms with Crippen molar-refractivity contribution in [3.63, 3.8) is 0 Å². The monoisotopic (exact) mass is 367 g/mol. The predicted molar refractivity (Wildman–Crippen MR) is 111 cm³/mol. The van der Waals surface area contributed by atoms with Gasteiger partial charge in [-0.3, -0.25) is 0 Å². The molecular weight excluding hydrogens is 330 g/mol. The minimum absolute atomic E-state index is 0.0707. The topological polar surface area (TPSA) is 21.7 Å². The molecule has 0 aromatic heterocycles. The van der Waals surface area contributed by atoms with Gasteiger partial charge in [-0.2, -0.15) is 0 Å². The number of hydrogen-bond acceptors (Lipinski definition) is 3. The number of anilines is 1. The van der Waals surface area contributed by atoms with E-state index in [1.54, 1.807) is 0 Å². The summed E-state index contributed by atoms with van der Waals surface area (Å²) in [7, 11) is -2.97. The highest BCUT2D eigenvalue weighted by Crippen LogP contribution is 2.26. The Kier molecular flexibility index (Phi) is 8.19. The Labute approximate surface area is 152 Å². The van der Waals surface area contributed by atoms with E-state index in [1.807, 2.05) is 0 Å². The first-order chi connectivity index (χ1) is 11.1. The molecule has 3 nitrogen and oxygen atoms in total. The highest BCUT2D eigenvalue weighted by Gasteiger charge is 2.35. The lowest BCUT2D eigenvalue weighted by molar-refractivity contribution is 0.168. The molecule has 0 fully saturated rings. The summed E-state index contributed by atoms with van der Waals surface area (Å²) in [4.78, 5) is 2.47. The first-order valence-electron chi connectivity index (χ1n) is 9.23. The molecule has 0 bridgehead atoms. The molecule has 0 saturated carbocycles. The highest BCUT2D eigenvalue weighted by molar-refractivity contribution is 6.67. The van der Waals surface area contributed by atoms with Crippen molar-refractivity contribution < 1.29 is 8.85 Å². The molecule has 0 aliphatic rings. The van der Waals surface area contributed by atoms with Crippen molar-refractivity contribution in [3.05, 3.63) is 30.3 Å². The fourth-order valence-corrected chi connectivity index (χ4v) is 7.08. The second-order valence-electron chi connectivity index (χ2n) is 8.04. The molecule has 138 valence electrons. The Bertz CT molecular complexity index is 476. The molecule has 0 aliphatic carbocycles. The number of benzene rings is 1. The highest BCUT2D eigenvalue weighted by atomic mass is 28.4. The van der Waals surface area contributed by atoms with Crippen molar-refractivity contribution in [1.29, 1.82) is 0 Å². The average molecular weight is 368 g/mol. The van der Waals surface area contributed by atoms with Gasteiger partial charge in [-0.25, -0.2) is 0 Å². The second kappa shape index (κ2) is 9.18. The molecule has 0 amide bonds. The van der Waals surface area contributed by atoms with Gasteiger partial charge >= 0.3 is 8.56 Å². The van der Waals surface area contributed by atoms with Gasteiger partial charge in [0.2, 0.25) is 0 Å². The van der Waals surface area contributed by atoms with Crippen molar-refractivity contribution in [2.45, 2.75) is 71.6 Å². The van der Waals surface area contributed by atoms with Crippen LogP contribution >= 0.6 is 0 Å². The van der Waals surface area contributed by atoms with Crippen LogP contribution in [0.3, 0.4) is 0 Å². The van der Waals surface area contributed by atoms with Crippen LogP contribution in [0.5, 0.6) is 0 Å². The molecule has 5 heteroatoms. The van der Waals surface area contributed by atoms with Gasteiger partial charge in [-0.1, -0.05) is 31.3 Å². The summed E-state index contributed by atoms with van der Waals surface area (Å²) in [6.07, 6.45) is 0. The molecule has 0 heterocycles. The van der Waals surface area contributed by atoms with Gasteiger partial charge < -0.3 is 13.8 Å². The Hall–Kier alpha value is -0.626. The maximum atomic E-state index is 6.49. The van der Waals surface area contributed by atoms with Crippen LogP contribution in [-0.2, 0) is 8.85 Å². The minimum atomic E-state index is -2.16. The Morgan fingerprint density at radius 3 is 2.21 bits per heavy atom. The SMILES string of the molecule is CCO[Si](C)(CCN(c1ccccc1)C(C)(C)C)OC(C)[SiH](C)C. The van der Waals surface area contributed by atoms with Crippen LogP contribution in [-0.4, -0.2) is 41.8 Å². The summed E-state index contributed by atoms with van der Waals surface area (Å²) in [5.41, 5.74) is 1.71. The Balaban J connectivity index is 2.88. The molecule has 0 N–H and O–H groups in total. The van der Waals surface area contributed by atoms with E-state index in [4.69, 9.17) is 8.85 Å². The van der Waals surface area contributed by atoms with Gasteiger partial charge in [0.15, 0.2) is 0 Å². The van der Waals surface area contributed by atoms with E-state index in [2.05, 4.69) is 89.5 Å². The van der Waals surface area contributed by atoms with E-state index < -0.39 is 17.4 Å². The van der Waals surface area contributed by atoms with Crippen molar-refractivity contribution in [2.75, 3.05) is 18.1 Å². The average Bonchev–Trinajstić information content (AvgIpc) is 2.47. The third kappa shape index (κ3) is 6.71. The van der Waals surface area contributed by atoms with E-state index >= 15 is 0 Å². The van der Waals surface area contributed by atoms with Crippen LogP contribution in [0.25, 0.3) is 0 Å². The number of hydrogen-bond donors (Lipinski definition) is 0. The molecule has 2 atom stereocenters. The van der Waals surface area contributed by atoms with Crippen LogP contribution in [0.2, 0.25) is 25.7 Å². The summed E-state index contributed by atoms with van der Waals surface area (Å²) in [5, 5.41) is 0. The summed E-state index contributed by atoms with van der Waals surface area (Å²) in [6, 6.07) is 11.6. The van der Waals surface area contributed by atoms with E-state index in [9.17, 15) is 0 Å². The first kappa shape index (κ1) is 21.4. The van der Waals surface area contributed by atoms with Crippen molar-refractivity contribution >= 4 is 23.0 Å². The van der Waals surface area contributed by atoms with Crippen LogP contribution in [0.1, 0.15) is 34.6 Å². The zero-order valence-corrected chi connectivity index (χ0v) is 19.1. The minimum Gasteiger partial charge on any atom is -0.395 e. The number of para-hydroxylation sites is 1. The third-order valence-corrected chi connectivity index (χ3v) is 9.68. The van der Waals surface area contributed by atoms with Gasteiger partial charge in [-0.15, -0.1) is 0 Å². The van der Waals surface area contributed by atoms with Crippen LogP contribution in [0.15, 0.2) is 30.3 Å². The molecular formula is C19H37NO2Si2. The van der Waals surface area contributed by atoms with E-state index in [1.165, 1.54) is 5.69 Å². The van der Waals surface area contributed by atoms with Gasteiger partial charge in [0.25, 0.3) is 0 Å². The van der Waals surface area contributed by atoms with Gasteiger partial charge in [0, 0.05) is 36.1 Å². The quantitative estimate of drug-likeness (QED) is 0.583. The van der Waals surface area contributed by atoms with Crippen LogP contribution < -0.4 is 4.90 Å². The molecule has 0 radical (unpaired) electrons. The van der Waals surface area contributed by atoms with Gasteiger partial charge in [0.05, 0.1) is 8.80 Å². The summed E-state index contributed by atoms with van der Waals surface area (Å²) in [5.74, 6) is 0. The molecule has 0 aliphatic heterocycles. The van der Waals surface area contributed by atoms with Crippen molar-refractivity contribution in [2.24, 2.45) is 0 Å². The third-order valence-electron chi connectivity index (χ3n) is 4.49. The molecule has 0 spiro atoms. The maximum Gasteiger partial charge on any atom is 0.336 e. The largest absolute Gasteiger partial charge is 0.395 e. The standard InChI is InChI=1S/C19H37NO2Si2/c1-9-21-24(8,22-17(2)23(6)7)16-15-20(19(3,4)5)18-13-11-10-12-14-18/h10-14,17,23H,9,15-16H2,1-8H3. The molecule has 1 aromatic carbocycles. The lowest BCUT2D eigenvalue weighted by Gasteiger charge is -2.40.